The zero-order chi connectivity index (χ0) is 81.0. The van der Waals surface area contributed by atoms with Crippen LogP contribution in [0.4, 0.5) is 0 Å². The molecule has 0 unspecified atom stereocenters. The van der Waals surface area contributed by atoms with Crippen LogP contribution in [-0.4, -0.2) is 0 Å². The van der Waals surface area contributed by atoms with Crippen molar-refractivity contribution in [3.8, 4) is 134 Å². The van der Waals surface area contributed by atoms with Gasteiger partial charge in [-0.15, -0.1) is 0 Å². The molecule has 0 aromatic heterocycles. The molecule has 0 aliphatic heterocycles. The predicted octanol–water partition coefficient (Wildman–Crippen LogP) is 33.5. The average Bonchev–Trinajstić information content (AvgIpc) is 1.53. The van der Waals surface area contributed by atoms with E-state index in [9.17, 15) is 0 Å². The summed E-state index contributed by atoms with van der Waals surface area (Å²) in [5.74, 6) is 0. The summed E-state index contributed by atoms with van der Waals surface area (Å²) in [5.41, 5.74) is 45.6. The molecule has 0 radical (unpaired) electrons. The zero-order valence-corrected chi connectivity index (χ0v) is 70.4. The van der Waals surface area contributed by atoms with Gasteiger partial charge in [-0.05, 0) is 347 Å². The highest BCUT2D eigenvalue weighted by atomic mass is 14.5. The van der Waals surface area contributed by atoms with Crippen LogP contribution in [0.15, 0.2) is 309 Å². The molecular formula is C120H90. The summed E-state index contributed by atoms with van der Waals surface area (Å²) < 4.78 is 0. The summed E-state index contributed by atoms with van der Waals surface area (Å²) in [4.78, 5) is 0. The predicted molar refractivity (Wildman–Crippen MR) is 515 cm³/mol. The third-order valence-electron chi connectivity index (χ3n) is 29.6. The molecule has 21 aromatic rings. The Kier molecular flexibility index (Phi) is 13.9. The summed E-state index contributed by atoms with van der Waals surface area (Å²) in [6.07, 6.45) is 0. The molecule has 0 nitrogen and oxygen atoms in total. The van der Waals surface area contributed by atoms with E-state index in [2.05, 4.69) is 399 Å². The molecular weight excluding hydrogens is 1440 g/mol. The maximum absolute atomic E-state index is 2.52. The van der Waals surface area contributed by atoms with Crippen molar-refractivity contribution >= 4 is 97.0 Å². The van der Waals surface area contributed by atoms with Gasteiger partial charge in [0.1, 0.15) is 0 Å². The summed E-state index contributed by atoms with van der Waals surface area (Å²) in [6, 6.07) is 119. The lowest BCUT2D eigenvalue weighted by Gasteiger charge is -2.26. The number of hydrogen-bond acceptors (Lipinski definition) is 0. The van der Waals surface area contributed by atoms with Gasteiger partial charge in [-0.3, -0.25) is 0 Å². The van der Waals surface area contributed by atoms with Crippen LogP contribution >= 0.6 is 0 Å². The van der Waals surface area contributed by atoms with Crippen LogP contribution < -0.4 is 0 Å². The van der Waals surface area contributed by atoms with E-state index in [4.69, 9.17) is 0 Å². The largest absolute Gasteiger partial charge is 0.0622 e. The van der Waals surface area contributed by atoms with Gasteiger partial charge < -0.3 is 0 Å². The van der Waals surface area contributed by atoms with Crippen molar-refractivity contribution in [2.45, 2.75) is 117 Å². The van der Waals surface area contributed by atoms with Crippen molar-refractivity contribution in [3.63, 3.8) is 0 Å². The van der Waals surface area contributed by atoms with Crippen LogP contribution in [0.1, 0.15) is 133 Å². The molecule has 0 N–H and O–H groups in total. The highest BCUT2D eigenvalue weighted by Crippen LogP contribution is 2.63. The first-order valence-corrected chi connectivity index (χ1v) is 43.3. The molecule has 6 aliphatic rings. The minimum atomic E-state index is -0.0107. The van der Waals surface area contributed by atoms with Crippen molar-refractivity contribution in [3.05, 3.63) is 359 Å². The number of benzene rings is 21. The molecule has 0 heteroatoms. The Morgan fingerprint density at radius 3 is 0.817 bits per heavy atom. The molecule has 0 heterocycles. The monoisotopic (exact) mass is 1530 g/mol. The van der Waals surface area contributed by atoms with Gasteiger partial charge >= 0.3 is 0 Å². The van der Waals surface area contributed by atoms with Gasteiger partial charge in [-0.2, -0.15) is 0 Å². The average molecular weight is 1530 g/mol. The van der Waals surface area contributed by atoms with Gasteiger partial charge in [0.2, 0.25) is 0 Å². The Morgan fingerprint density at radius 1 is 0.175 bits per heavy atom. The van der Waals surface area contributed by atoms with Gasteiger partial charge in [-0.25, -0.2) is 0 Å². The van der Waals surface area contributed by atoms with Crippen molar-refractivity contribution in [2.24, 2.45) is 0 Å². The minimum Gasteiger partial charge on any atom is -0.0622 e. The van der Waals surface area contributed by atoms with Crippen LogP contribution in [0.5, 0.6) is 0 Å². The standard InChI is InChI=1S/C45H40.C38H26.C37H24/c1-43(2,3)28-19-27(20-29(22-28)44(4,5)6)30-16-15-26-21-37-34-23-36-31-11-9-10-12-38(31)45(7,8)39(36)24-35(34)33-18-14-25-13-17-32(30)40(26)41(25)42(33)37;1-21-8-10-22(11-9-21)25-15-14-24-18-32-29-19-31-26-6-4-5-7-33(26)38(2,3)34(31)20-30(29)28-17-13-23-12-16-27(25)35(24)36(23)37(28)32;1-37(2)32-11-7-6-10-25(32)30-19-28-29(20-33(30)37)27-17-13-22-12-16-26-24(21-8-4-3-5-9-21)15-14-23-18-31(28)36(27)35(22)34(23)26/h9-24H,1-8H3;4-20H,1-3H3;3-20H,1-2H3. The molecule has 0 fully saturated rings. The van der Waals surface area contributed by atoms with Crippen molar-refractivity contribution < 1.29 is 0 Å². The third-order valence-corrected chi connectivity index (χ3v) is 29.6. The number of fused-ring (bicyclic) bond motifs is 18. The van der Waals surface area contributed by atoms with E-state index in [1.807, 2.05) is 0 Å². The van der Waals surface area contributed by atoms with Crippen LogP contribution in [0, 0.1) is 6.92 Å². The molecule has 0 saturated heterocycles. The molecule has 0 bridgehead atoms. The number of aryl methyl sites for hydroxylation is 1. The van der Waals surface area contributed by atoms with Gasteiger partial charge in [0.05, 0.1) is 0 Å². The molecule has 21 aromatic carbocycles. The van der Waals surface area contributed by atoms with Crippen molar-refractivity contribution in [1.82, 2.24) is 0 Å². The maximum atomic E-state index is 2.52. The lowest BCUT2D eigenvalue weighted by molar-refractivity contribution is 0.569. The van der Waals surface area contributed by atoms with Gasteiger partial charge in [0.25, 0.3) is 0 Å². The highest BCUT2D eigenvalue weighted by Gasteiger charge is 2.42. The lowest BCUT2D eigenvalue weighted by Crippen LogP contribution is -2.16. The summed E-state index contributed by atoms with van der Waals surface area (Å²) >= 11 is 0. The quantitative estimate of drug-likeness (QED) is 0.155. The normalized spacial score (nSPS) is 14.6. The Bertz CT molecular complexity index is 8120. The molecule has 0 saturated carbocycles. The van der Waals surface area contributed by atoms with Gasteiger partial charge in [0, 0.05) is 16.2 Å². The fraction of sp³-hybridized carbons (Fsp3) is 0.150. The fourth-order valence-corrected chi connectivity index (χ4v) is 23.4. The Hall–Kier alpha value is -13.3. The Balaban J connectivity index is 0.000000100. The third kappa shape index (κ3) is 9.38. The number of hydrogen-bond donors (Lipinski definition) is 0. The lowest BCUT2D eigenvalue weighted by atomic mass is 9.78. The Morgan fingerprint density at radius 2 is 0.467 bits per heavy atom. The van der Waals surface area contributed by atoms with Crippen molar-refractivity contribution in [2.75, 3.05) is 0 Å². The molecule has 6 aliphatic carbocycles. The Labute approximate surface area is 702 Å². The number of rotatable bonds is 3. The molecule has 0 amide bonds. The highest BCUT2D eigenvalue weighted by molar-refractivity contribution is 6.37. The van der Waals surface area contributed by atoms with E-state index in [-0.39, 0.29) is 27.1 Å². The van der Waals surface area contributed by atoms with Crippen LogP contribution in [0.2, 0.25) is 0 Å². The summed E-state index contributed by atoms with van der Waals surface area (Å²) in [6.45, 7) is 30.4. The van der Waals surface area contributed by atoms with E-state index < -0.39 is 0 Å². The second kappa shape index (κ2) is 23.8. The van der Waals surface area contributed by atoms with E-state index >= 15 is 0 Å². The molecule has 0 spiro atoms. The summed E-state index contributed by atoms with van der Waals surface area (Å²) in [5, 5.41) is 24.7. The van der Waals surface area contributed by atoms with Gasteiger partial charge in [0.15, 0.2) is 0 Å². The van der Waals surface area contributed by atoms with E-state index in [1.54, 1.807) is 0 Å². The van der Waals surface area contributed by atoms with E-state index in [0.717, 1.165) is 0 Å². The van der Waals surface area contributed by atoms with E-state index in [0.29, 0.717) is 0 Å². The summed E-state index contributed by atoms with van der Waals surface area (Å²) in [7, 11) is 0. The first-order valence-electron chi connectivity index (χ1n) is 43.3. The SMILES string of the molecule is CC(C)(C)c1cc(-c2ccc3cc4c5c(ccc6ccc2c3c65)-c2cc3c(cc2-4)-c2ccccc2C3(C)C)cc(C(C)(C)C)c1.CC1(C)c2ccccc2-c2cc3c(cc21)-c1ccc2ccc4c(-c5ccccc5)ccc5cc-3c1c2c54.Cc1ccc(-c2ccc3cc4c5c(ccc6ccc2c3c65)-c2cc3c(cc2-4)-c2ccccc2C3(C)C)cc1. The van der Waals surface area contributed by atoms with Crippen LogP contribution in [0.3, 0.4) is 0 Å². The van der Waals surface area contributed by atoms with Crippen LogP contribution in [-0.2, 0) is 27.1 Å². The maximum Gasteiger partial charge on any atom is 0.0159 e. The first-order chi connectivity index (χ1) is 57.9. The zero-order valence-electron chi connectivity index (χ0n) is 70.4. The molecule has 0 atom stereocenters. The molecule has 120 heavy (non-hydrogen) atoms. The van der Waals surface area contributed by atoms with Gasteiger partial charge in [-0.1, -0.05) is 343 Å². The fourth-order valence-electron chi connectivity index (χ4n) is 23.4. The van der Waals surface area contributed by atoms with Crippen molar-refractivity contribution in [1.29, 1.82) is 0 Å². The molecule has 570 valence electrons. The molecule has 27 rings (SSSR count). The second-order valence-electron chi connectivity index (χ2n) is 39.4. The van der Waals surface area contributed by atoms with Crippen LogP contribution in [0.25, 0.3) is 230 Å². The minimum absolute atomic E-state index is 0.00375. The van der Waals surface area contributed by atoms with E-state index in [1.165, 1.54) is 281 Å². The first kappa shape index (κ1) is 69.8. The second-order valence-corrected chi connectivity index (χ2v) is 39.4. The topological polar surface area (TPSA) is 0 Å². The smallest absolute Gasteiger partial charge is 0.0159 e.